The van der Waals surface area contributed by atoms with Gasteiger partial charge < -0.3 is 23.7 Å². The number of rotatable bonds is 3. The van der Waals surface area contributed by atoms with Crippen LogP contribution in [0.2, 0.25) is 0 Å². The Morgan fingerprint density at radius 3 is 2.56 bits per heavy atom. The van der Waals surface area contributed by atoms with Crippen LogP contribution in [0.25, 0.3) is 0 Å². The van der Waals surface area contributed by atoms with E-state index in [0.29, 0.717) is 17.9 Å². The summed E-state index contributed by atoms with van der Waals surface area (Å²) in [5.41, 5.74) is 0.975. The normalized spacial score (nSPS) is 38.2. The molecule has 1 aliphatic carbocycles. The minimum Gasteiger partial charge on any atom is -0.493 e. The van der Waals surface area contributed by atoms with Crippen molar-refractivity contribution in [2.45, 2.75) is 54.6 Å². The standard InChI is InChI=1S/C18H21BrO6/c1-17(2)24-14-13-8-10(18(19,15(14)25-17)16(20)23-13)9-5-6-11(21-3)12(7-9)22-4/h5-7,10,13-15H,8H2,1-4H3/t10?,13-,14?,15?,18?/m1/s1. The monoisotopic (exact) mass is 412 g/mol. The number of carbonyl (C=O) groups is 1. The average Bonchev–Trinajstić information content (AvgIpc) is 2.93. The van der Waals surface area contributed by atoms with Gasteiger partial charge >= 0.3 is 5.97 Å². The van der Waals surface area contributed by atoms with Crippen molar-refractivity contribution < 1.29 is 28.5 Å². The summed E-state index contributed by atoms with van der Waals surface area (Å²) in [6.07, 6.45) is -0.326. The zero-order valence-electron chi connectivity index (χ0n) is 14.6. The van der Waals surface area contributed by atoms with Gasteiger partial charge in [0, 0.05) is 5.92 Å². The Labute approximate surface area is 154 Å². The molecule has 136 valence electrons. The summed E-state index contributed by atoms with van der Waals surface area (Å²) < 4.78 is 27.4. The highest BCUT2D eigenvalue weighted by Crippen LogP contribution is 2.57. The molecule has 4 aliphatic rings. The maximum absolute atomic E-state index is 12.7. The molecule has 7 heteroatoms. The second-order valence-electron chi connectivity index (χ2n) is 7.14. The number of benzene rings is 1. The minimum atomic E-state index is -0.986. The molecule has 0 aromatic heterocycles. The fraction of sp³-hybridized carbons (Fsp3) is 0.611. The van der Waals surface area contributed by atoms with E-state index in [4.69, 9.17) is 23.7 Å². The molecule has 0 radical (unpaired) electrons. The molecule has 0 N–H and O–H groups in total. The molecule has 1 aromatic carbocycles. The topological polar surface area (TPSA) is 63.2 Å². The van der Waals surface area contributed by atoms with E-state index in [2.05, 4.69) is 15.9 Å². The van der Waals surface area contributed by atoms with Crippen molar-refractivity contribution in [2.75, 3.05) is 14.2 Å². The molecule has 1 saturated carbocycles. The van der Waals surface area contributed by atoms with Crippen LogP contribution in [0.1, 0.15) is 31.7 Å². The zero-order chi connectivity index (χ0) is 18.0. The summed E-state index contributed by atoms with van der Waals surface area (Å²) in [6, 6.07) is 5.72. The van der Waals surface area contributed by atoms with Crippen molar-refractivity contribution in [1.29, 1.82) is 0 Å². The molecular weight excluding hydrogens is 392 g/mol. The second kappa shape index (κ2) is 5.59. The molecule has 4 unspecified atom stereocenters. The van der Waals surface area contributed by atoms with Crippen LogP contribution >= 0.6 is 15.9 Å². The van der Waals surface area contributed by atoms with Crippen LogP contribution in [0.5, 0.6) is 11.5 Å². The maximum atomic E-state index is 12.7. The summed E-state index contributed by atoms with van der Waals surface area (Å²) in [4.78, 5) is 12.7. The Balaban J connectivity index is 1.76. The highest BCUT2D eigenvalue weighted by atomic mass is 79.9. The van der Waals surface area contributed by atoms with Gasteiger partial charge in [0.05, 0.1) is 14.2 Å². The number of esters is 1. The number of methoxy groups -OCH3 is 2. The Morgan fingerprint density at radius 2 is 1.88 bits per heavy atom. The van der Waals surface area contributed by atoms with E-state index in [1.54, 1.807) is 14.2 Å². The van der Waals surface area contributed by atoms with Gasteiger partial charge in [0.25, 0.3) is 0 Å². The number of halogens is 1. The molecule has 1 aromatic rings. The zero-order valence-corrected chi connectivity index (χ0v) is 16.2. The van der Waals surface area contributed by atoms with Crippen molar-refractivity contribution in [3.63, 3.8) is 0 Å². The molecule has 5 atom stereocenters. The number of ether oxygens (including phenoxy) is 5. The predicted molar refractivity (Wildman–Crippen MR) is 92.3 cm³/mol. The summed E-state index contributed by atoms with van der Waals surface area (Å²) in [5, 5.41) is 0. The largest absolute Gasteiger partial charge is 0.493 e. The number of carbonyl (C=O) groups excluding carboxylic acids is 1. The Bertz CT molecular complexity index is 720. The molecule has 6 nitrogen and oxygen atoms in total. The van der Waals surface area contributed by atoms with E-state index in [1.807, 2.05) is 32.0 Å². The van der Waals surface area contributed by atoms with Crippen LogP contribution in [0.3, 0.4) is 0 Å². The van der Waals surface area contributed by atoms with Gasteiger partial charge in [-0.15, -0.1) is 0 Å². The van der Waals surface area contributed by atoms with Crippen LogP contribution in [0.15, 0.2) is 18.2 Å². The van der Waals surface area contributed by atoms with E-state index < -0.39 is 16.2 Å². The van der Waals surface area contributed by atoms with Gasteiger partial charge in [-0.25, -0.2) is 0 Å². The van der Waals surface area contributed by atoms with Crippen LogP contribution in [-0.4, -0.2) is 48.6 Å². The predicted octanol–water partition coefficient (Wildman–Crippen LogP) is 2.77. The lowest BCUT2D eigenvalue weighted by atomic mass is 9.69. The van der Waals surface area contributed by atoms with Crippen LogP contribution in [0, 0.1) is 0 Å². The number of hydrogen-bond donors (Lipinski definition) is 0. The van der Waals surface area contributed by atoms with E-state index in [-0.39, 0.29) is 24.1 Å². The molecular formula is C18H21BrO6. The molecule has 3 aliphatic heterocycles. The highest BCUT2D eigenvalue weighted by Gasteiger charge is 2.70. The smallest absolute Gasteiger partial charge is 0.326 e. The van der Waals surface area contributed by atoms with Gasteiger partial charge in [-0.2, -0.15) is 0 Å². The SMILES string of the molecule is COc1ccc(C2C[C@H]3OC(=O)C2(Br)C2OC(C)(C)OC23)cc1OC. The van der Waals surface area contributed by atoms with Crippen molar-refractivity contribution in [2.24, 2.45) is 0 Å². The quantitative estimate of drug-likeness (QED) is 0.561. The van der Waals surface area contributed by atoms with E-state index in [9.17, 15) is 4.79 Å². The first-order chi connectivity index (χ1) is 11.8. The molecule has 3 heterocycles. The third-order valence-electron chi connectivity index (χ3n) is 5.27. The lowest BCUT2D eigenvalue weighted by molar-refractivity contribution is -0.186. The molecule has 3 saturated heterocycles. The Morgan fingerprint density at radius 1 is 1.16 bits per heavy atom. The van der Waals surface area contributed by atoms with Gasteiger partial charge in [-0.3, -0.25) is 4.79 Å². The van der Waals surface area contributed by atoms with Crippen LogP contribution in [0.4, 0.5) is 0 Å². The average molecular weight is 413 g/mol. The molecule has 2 bridgehead atoms. The van der Waals surface area contributed by atoms with Crippen molar-refractivity contribution in [3.8, 4) is 11.5 Å². The first-order valence-electron chi connectivity index (χ1n) is 8.27. The summed E-state index contributed by atoms with van der Waals surface area (Å²) >= 11 is 3.69. The molecule has 4 fully saturated rings. The van der Waals surface area contributed by atoms with Gasteiger partial charge in [-0.05, 0) is 38.0 Å². The third-order valence-corrected chi connectivity index (χ3v) is 6.59. The summed E-state index contributed by atoms with van der Waals surface area (Å²) in [7, 11) is 3.19. The Hall–Kier alpha value is -1.31. The Kier molecular flexibility index (Phi) is 3.83. The second-order valence-corrected chi connectivity index (χ2v) is 8.45. The number of alkyl halides is 1. The highest BCUT2D eigenvalue weighted by molar-refractivity contribution is 9.10. The van der Waals surface area contributed by atoms with Gasteiger partial charge in [-0.1, -0.05) is 22.0 Å². The van der Waals surface area contributed by atoms with Gasteiger partial charge in [0.15, 0.2) is 21.6 Å². The van der Waals surface area contributed by atoms with Gasteiger partial charge in [0.1, 0.15) is 18.3 Å². The first-order valence-corrected chi connectivity index (χ1v) is 9.07. The van der Waals surface area contributed by atoms with Crippen molar-refractivity contribution in [3.05, 3.63) is 23.8 Å². The summed E-state index contributed by atoms with van der Waals surface area (Å²) in [5.74, 6) is 0.125. The van der Waals surface area contributed by atoms with Gasteiger partial charge in [0.2, 0.25) is 0 Å². The number of hydrogen-bond acceptors (Lipinski definition) is 6. The fourth-order valence-electron chi connectivity index (χ4n) is 4.17. The van der Waals surface area contributed by atoms with E-state index in [0.717, 1.165) is 5.56 Å². The summed E-state index contributed by atoms with van der Waals surface area (Å²) in [6.45, 7) is 3.72. The minimum absolute atomic E-state index is 0.114. The molecule has 0 amide bonds. The molecule has 0 spiro atoms. The number of fused-ring (bicyclic) bond motifs is 2. The van der Waals surface area contributed by atoms with Crippen LogP contribution < -0.4 is 9.47 Å². The van der Waals surface area contributed by atoms with E-state index in [1.165, 1.54) is 0 Å². The molecule has 25 heavy (non-hydrogen) atoms. The third kappa shape index (κ3) is 2.39. The van der Waals surface area contributed by atoms with Crippen molar-refractivity contribution >= 4 is 21.9 Å². The lowest BCUT2D eigenvalue weighted by Crippen LogP contribution is -2.67. The van der Waals surface area contributed by atoms with Crippen molar-refractivity contribution in [1.82, 2.24) is 0 Å². The first kappa shape index (κ1) is 17.1. The maximum Gasteiger partial charge on any atom is 0.326 e. The molecule has 5 rings (SSSR count). The van der Waals surface area contributed by atoms with E-state index >= 15 is 0 Å². The lowest BCUT2D eigenvalue weighted by Gasteiger charge is -2.51. The fourth-order valence-corrected chi connectivity index (χ4v) is 5.07. The van der Waals surface area contributed by atoms with Crippen LogP contribution in [-0.2, 0) is 19.0 Å².